The molecule has 0 aliphatic heterocycles. The zero-order chi connectivity index (χ0) is 21.3. The number of ether oxygens (including phenoxy) is 4. The Morgan fingerprint density at radius 2 is 1.50 bits per heavy atom. The average Bonchev–Trinajstić information content (AvgIpc) is 3.21. The smallest absolute Gasteiger partial charge is 0.203 e. The third-order valence-electron chi connectivity index (χ3n) is 4.80. The van der Waals surface area contributed by atoms with Crippen LogP contribution >= 0.6 is 0 Å². The van der Waals surface area contributed by atoms with Gasteiger partial charge in [-0.2, -0.15) is 0 Å². The number of hydrogen-bond donors (Lipinski definition) is 1. The van der Waals surface area contributed by atoms with Gasteiger partial charge in [-0.05, 0) is 30.3 Å². The second-order valence-corrected chi connectivity index (χ2v) is 6.42. The van der Waals surface area contributed by atoms with Crippen LogP contribution < -0.4 is 18.9 Å². The number of hydrogen-bond acceptors (Lipinski definition) is 7. The lowest BCUT2D eigenvalue weighted by Crippen LogP contribution is -2.00. The standard InChI is InChI=1S/C22H21N3O5/c1-27-18-8-5-13(9-17(18)26)15-6-7-16-22(24-15)25(12-23-16)14-10-19(28-2)21(30-4)20(11-14)29-3/h5-12,26H,1-4H3. The van der Waals surface area contributed by atoms with Crippen LogP contribution in [0, 0.1) is 0 Å². The Bertz CT molecular complexity index is 1190. The van der Waals surface area contributed by atoms with Gasteiger partial charge in [0.25, 0.3) is 0 Å². The summed E-state index contributed by atoms with van der Waals surface area (Å²) in [4.78, 5) is 9.21. The number of imidazole rings is 1. The summed E-state index contributed by atoms with van der Waals surface area (Å²) in [6.07, 6.45) is 1.69. The maximum Gasteiger partial charge on any atom is 0.203 e. The van der Waals surface area contributed by atoms with Gasteiger partial charge in [-0.25, -0.2) is 9.97 Å². The van der Waals surface area contributed by atoms with Gasteiger partial charge in [0.05, 0.1) is 39.8 Å². The Morgan fingerprint density at radius 1 is 0.800 bits per heavy atom. The zero-order valence-corrected chi connectivity index (χ0v) is 17.0. The fourth-order valence-electron chi connectivity index (χ4n) is 3.30. The van der Waals surface area contributed by atoms with Gasteiger partial charge in [0.2, 0.25) is 5.75 Å². The summed E-state index contributed by atoms with van der Waals surface area (Å²) >= 11 is 0. The maximum absolute atomic E-state index is 10.1. The van der Waals surface area contributed by atoms with Crippen LogP contribution in [0.15, 0.2) is 48.8 Å². The summed E-state index contributed by atoms with van der Waals surface area (Å²) in [7, 11) is 6.21. The Labute approximate surface area is 173 Å². The van der Waals surface area contributed by atoms with Gasteiger partial charge in [0.1, 0.15) is 11.8 Å². The summed E-state index contributed by atoms with van der Waals surface area (Å²) < 4.78 is 23.3. The fourth-order valence-corrected chi connectivity index (χ4v) is 3.30. The fraction of sp³-hybridized carbons (Fsp3) is 0.182. The van der Waals surface area contributed by atoms with E-state index >= 15 is 0 Å². The average molecular weight is 407 g/mol. The number of pyridine rings is 1. The van der Waals surface area contributed by atoms with Gasteiger partial charge in [-0.1, -0.05) is 0 Å². The first-order valence-electron chi connectivity index (χ1n) is 9.11. The lowest BCUT2D eigenvalue weighted by Gasteiger charge is -2.14. The Hall–Kier alpha value is -3.94. The van der Waals surface area contributed by atoms with E-state index in [9.17, 15) is 5.11 Å². The van der Waals surface area contributed by atoms with Crippen LogP contribution in [0.1, 0.15) is 0 Å². The van der Waals surface area contributed by atoms with Crippen molar-refractivity contribution >= 4 is 11.2 Å². The molecule has 30 heavy (non-hydrogen) atoms. The highest BCUT2D eigenvalue weighted by molar-refractivity contribution is 5.78. The van der Waals surface area contributed by atoms with Crippen LogP contribution in [-0.2, 0) is 0 Å². The number of nitrogens with zero attached hydrogens (tertiary/aromatic N) is 3. The van der Waals surface area contributed by atoms with E-state index in [-0.39, 0.29) is 5.75 Å². The monoisotopic (exact) mass is 407 g/mol. The quantitative estimate of drug-likeness (QED) is 0.520. The third kappa shape index (κ3) is 3.22. The molecule has 0 aliphatic carbocycles. The van der Waals surface area contributed by atoms with E-state index < -0.39 is 0 Å². The molecule has 2 aromatic heterocycles. The van der Waals surface area contributed by atoms with Crippen LogP contribution in [-0.4, -0.2) is 48.1 Å². The van der Waals surface area contributed by atoms with Crippen LogP contribution in [0.3, 0.4) is 0 Å². The SMILES string of the molecule is COc1ccc(-c2ccc3ncn(-c4cc(OC)c(OC)c(OC)c4)c3n2)cc1O. The molecule has 2 heterocycles. The molecular formula is C22H21N3O5. The molecule has 0 spiro atoms. The number of rotatable bonds is 6. The number of phenols is 1. The molecule has 0 saturated carbocycles. The van der Waals surface area contributed by atoms with E-state index in [1.165, 1.54) is 7.11 Å². The van der Waals surface area contributed by atoms with E-state index in [0.29, 0.717) is 34.3 Å². The lowest BCUT2D eigenvalue weighted by molar-refractivity contribution is 0.324. The Balaban J connectivity index is 1.86. The number of methoxy groups -OCH3 is 4. The number of aromatic nitrogens is 3. The van der Waals surface area contributed by atoms with Crippen LogP contribution in [0.2, 0.25) is 0 Å². The number of phenolic OH excluding ortho intramolecular Hbond substituents is 1. The first-order valence-corrected chi connectivity index (χ1v) is 9.11. The topological polar surface area (TPSA) is 87.9 Å². The highest BCUT2D eigenvalue weighted by Crippen LogP contribution is 2.40. The summed E-state index contributed by atoms with van der Waals surface area (Å²) in [5.41, 5.74) is 3.58. The molecule has 1 N–H and O–H groups in total. The molecule has 0 aliphatic rings. The summed E-state index contributed by atoms with van der Waals surface area (Å²) in [6, 6.07) is 12.6. The van der Waals surface area contributed by atoms with E-state index in [1.54, 1.807) is 39.8 Å². The van der Waals surface area contributed by atoms with Gasteiger partial charge in [0, 0.05) is 17.7 Å². The molecule has 8 nitrogen and oxygen atoms in total. The molecule has 0 atom stereocenters. The molecular weight excluding hydrogens is 386 g/mol. The Kier molecular flexibility index (Phi) is 5.05. The molecule has 2 aromatic carbocycles. The molecule has 0 radical (unpaired) electrons. The molecule has 4 aromatic rings. The van der Waals surface area contributed by atoms with Crippen LogP contribution in [0.25, 0.3) is 28.1 Å². The minimum absolute atomic E-state index is 0.0510. The number of fused-ring (bicyclic) bond motifs is 1. The first-order chi connectivity index (χ1) is 14.6. The van der Waals surface area contributed by atoms with Gasteiger partial charge < -0.3 is 24.1 Å². The van der Waals surface area contributed by atoms with E-state index in [1.807, 2.05) is 34.9 Å². The van der Waals surface area contributed by atoms with Crippen molar-refractivity contribution in [2.75, 3.05) is 28.4 Å². The van der Waals surface area contributed by atoms with Crippen LogP contribution in [0.5, 0.6) is 28.7 Å². The van der Waals surface area contributed by atoms with Crippen molar-refractivity contribution in [2.24, 2.45) is 0 Å². The van der Waals surface area contributed by atoms with E-state index in [4.69, 9.17) is 23.9 Å². The van der Waals surface area contributed by atoms with Gasteiger partial charge in [-0.15, -0.1) is 0 Å². The molecule has 0 amide bonds. The normalized spacial score (nSPS) is 10.8. The predicted molar refractivity (Wildman–Crippen MR) is 112 cm³/mol. The number of benzene rings is 2. The van der Waals surface area contributed by atoms with Crippen molar-refractivity contribution in [1.29, 1.82) is 0 Å². The lowest BCUT2D eigenvalue weighted by atomic mass is 10.1. The molecule has 0 fully saturated rings. The van der Waals surface area contributed by atoms with E-state index in [0.717, 1.165) is 16.8 Å². The largest absolute Gasteiger partial charge is 0.504 e. The van der Waals surface area contributed by atoms with Gasteiger partial charge in [0.15, 0.2) is 28.6 Å². The molecule has 0 saturated heterocycles. The van der Waals surface area contributed by atoms with Crippen molar-refractivity contribution in [3.8, 4) is 45.7 Å². The molecule has 4 rings (SSSR count). The summed E-state index contributed by atoms with van der Waals surface area (Å²) in [5, 5.41) is 10.1. The number of aromatic hydroxyl groups is 1. The molecule has 8 heteroatoms. The highest BCUT2D eigenvalue weighted by Gasteiger charge is 2.16. The first kappa shape index (κ1) is 19.4. The summed E-state index contributed by atoms with van der Waals surface area (Å²) in [5.74, 6) is 2.03. The third-order valence-corrected chi connectivity index (χ3v) is 4.80. The second kappa shape index (κ2) is 7.82. The van der Waals surface area contributed by atoms with Crippen molar-refractivity contribution in [3.63, 3.8) is 0 Å². The molecule has 154 valence electrons. The highest BCUT2D eigenvalue weighted by atomic mass is 16.5. The molecule has 0 bridgehead atoms. The molecule has 0 unspecified atom stereocenters. The maximum atomic E-state index is 10.1. The zero-order valence-electron chi connectivity index (χ0n) is 17.0. The predicted octanol–water partition coefficient (Wildman–Crippen LogP) is 3.83. The summed E-state index contributed by atoms with van der Waals surface area (Å²) in [6.45, 7) is 0. The van der Waals surface area contributed by atoms with Crippen molar-refractivity contribution in [1.82, 2.24) is 14.5 Å². The Morgan fingerprint density at radius 3 is 2.10 bits per heavy atom. The van der Waals surface area contributed by atoms with Crippen molar-refractivity contribution < 1.29 is 24.1 Å². The van der Waals surface area contributed by atoms with Crippen molar-refractivity contribution in [2.45, 2.75) is 0 Å². The van der Waals surface area contributed by atoms with Crippen LogP contribution in [0.4, 0.5) is 0 Å². The second-order valence-electron chi connectivity index (χ2n) is 6.42. The van der Waals surface area contributed by atoms with Gasteiger partial charge >= 0.3 is 0 Å². The van der Waals surface area contributed by atoms with Gasteiger partial charge in [-0.3, -0.25) is 4.57 Å². The van der Waals surface area contributed by atoms with Crippen molar-refractivity contribution in [3.05, 3.63) is 48.8 Å². The minimum atomic E-state index is 0.0510. The minimum Gasteiger partial charge on any atom is -0.504 e. The van der Waals surface area contributed by atoms with E-state index in [2.05, 4.69) is 4.98 Å².